The number of benzene rings is 1. The molecular formula is C32H47F2N3O3. The van der Waals surface area contributed by atoms with Gasteiger partial charge < -0.3 is 9.64 Å². The standard InChI is InChI=1S/C32H47F2N3O3/c1-30(2,3)36-18-25(24-12-11-23(33)17-27(24)34)26(19-36)28(38)35-15-13-32(14-16-35,22-9-7-6-8-10-22)20-37-29(39)40-21-31(37,4)5/h11-12,17,22,25-26H,6-10,13-16,18-21H2,1-5H3/t25-,26?/m1/s1. The van der Waals surface area contributed by atoms with Gasteiger partial charge in [-0.3, -0.25) is 14.6 Å². The number of halogens is 2. The van der Waals surface area contributed by atoms with Crippen LogP contribution in [0.1, 0.15) is 91.0 Å². The number of cyclic esters (lactones) is 1. The van der Waals surface area contributed by atoms with E-state index in [-0.39, 0.29) is 40.3 Å². The van der Waals surface area contributed by atoms with Crippen molar-refractivity contribution in [3.63, 3.8) is 0 Å². The maximum absolute atomic E-state index is 15.0. The Bertz CT molecular complexity index is 1100. The topological polar surface area (TPSA) is 53.1 Å². The Morgan fingerprint density at radius 2 is 1.73 bits per heavy atom. The summed E-state index contributed by atoms with van der Waals surface area (Å²) in [5.41, 5.74) is -0.111. The van der Waals surface area contributed by atoms with Gasteiger partial charge in [0.05, 0.1) is 11.5 Å². The summed E-state index contributed by atoms with van der Waals surface area (Å²) < 4.78 is 34.2. The molecule has 2 amide bonds. The quantitative estimate of drug-likeness (QED) is 0.431. The molecule has 5 rings (SSSR count). The molecule has 3 aliphatic heterocycles. The van der Waals surface area contributed by atoms with E-state index in [1.54, 1.807) is 0 Å². The average Bonchev–Trinajstić information content (AvgIpc) is 3.46. The monoisotopic (exact) mass is 559 g/mol. The highest BCUT2D eigenvalue weighted by Gasteiger charge is 2.51. The molecule has 1 aromatic carbocycles. The molecule has 3 heterocycles. The van der Waals surface area contributed by atoms with Crippen LogP contribution in [0, 0.1) is 28.9 Å². The Morgan fingerprint density at radius 3 is 2.30 bits per heavy atom. The smallest absolute Gasteiger partial charge is 0.410 e. The number of nitrogens with zero attached hydrogens (tertiary/aromatic N) is 3. The van der Waals surface area contributed by atoms with Crippen molar-refractivity contribution < 1.29 is 23.1 Å². The third-order valence-electron chi connectivity index (χ3n) is 10.5. The Balaban J connectivity index is 1.36. The molecule has 40 heavy (non-hydrogen) atoms. The van der Waals surface area contributed by atoms with Gasteiger partial charge in [-0.15, -0.1) is 0 Å². The number of ether oxygens (including phenoxy) is 1. The van der Waals surface area contributed by atoms with Crippen LogP contribution in [0.25, 0.3) is 0 Å². The van der Waals surface area contributed by atoms with Crippen LogP contribution in [0.4, 0.5) is 13.6 Å². The number of hydrogen-bond donors (Lipinski definition) is 0. The first-order chi connectivity index (χ1) is 18.8. The zero-order chi connectivity index (χ0) is 28.9. The normalized spacial score (nSPS) is 27.7. The van der Waals surface area contributed by atoms with E-state index in [1.165, 1.54) is 44.2 Å². The van der Waals surface area contributed by atoms with Crippen LogP contribution in [0.15, 0.2) is 18.2 Å². The van der Waals surface area contributed by atoms with Gasteiger partial charge in [-0.1, -0.05) is 25.3 Å². The van der Waals surface area contributed by atoms with Gasteiger partial charge >= 0.3 is 6.09 Å². The Morgan fingerprint density at radius 1 is 1.05 bits per heavy atom. The molecule has 4 aliphatic rings. The van der Waals surface area contributed by atoms with Crippen molar-refractivity contribution in [1.82, 2.24) is 14.7 Å². The van der Waals surface area contributed by atoms with Crippen molar-refractivity contribution in [1.29, 1.82) is 0 Å². The predicted octanol–water partition coefficient (Wildman–Crippen LogP) is 6.20. The fourth-order valence-corrected chi connectivity index (χ4v) is 7.77. The number of piperidine rings is 1. The number of hydrogen-bond acceptors (Lipinski definition) is 4. The zero-order valence-electron chi connectivity index (χ0n) is 25.0. The van der Waals surface area contributed by atoms with E-state index in [9.17, 15) is 18.4 Å². The molecule has 4 fully saturated rings. The van der Waals surface area contributed by atoms with E-state index in [1.807, 2.05) is 9.80 Å². The van der Waals surface area contributed by atoms with E-state index in [0.29, 0.717) is 50.8 Å². The SMILES string of the molecule is CC(C)(C)N1CC(C(=O)N2CCC(CN3C(=O)OCC3(C)C)(C3CCCCC3)CC2)[C@@H](c2ccc(F)cc2F)C1. The Labute approximate surface area is 238 Å². The molecule has 222 valence electrons. The zero-order valence-corrected chi connectivity index (χ0v) is 25.0. The summed E-state index contributed by atoms with van der Waals surface area (Å²) in [6, 6.07) is 3.74. The van der Waals surface area contributed by atoms with Gasteiger partial charge in [0, 0.05) is 50.2 Å². The lowest BCUT2D eigenvalue weighted by molar-refractivity contribution is -0.139. The molecule has 1 aliphatic carbocycles. The predicted molar refractivity (Wildman–Crippen MR) is 151 cm³/mol. The summed E-state index contributed by atoms with van der Waals surface area (Å²) in [5, 5.41) is 0. The fraction of sp³-hybridized carbons (Fsp3) is 0.750. The summed E-state index contributed by atoms with van der Waals surface area (Å²) in [5.74, 6) is -1.28. The third-order valence-corrected chi connectivity index (χ3v) is 10.5. The van der Waals surface area contributed by atoms with E-state index >= 15 is 0 Å². The van der Waals surface area contributed by atoms with Gasteiger partial charge in [0.2, 0.25) is 5.91 Å². The molecule has 0 bridgehead atoms. The maximum Gasteiger partial charge on any atom is 0.410 e. The lowest BCUT2D eigenvalue weighted by atomic mass is 9.63. The highest BCUT2D eigenvalue weighted by molar-refractivity contribution is 5.81. The highest BCUT2D eigenvalue weighted by Crippen LogP contribution is 2.48. The van der Waals surface area contributed by atoms with Gasteiger partial charge in [-0.05, 0) is 83.3 Å². The van der Waals surface area contributed by atoms with Gasteiger partial charge in [-0.2, -0.15) is 0 Å². The number of rotatable bonds is 5. The molecule has 0 radical (unpaired) electrons. The minimum absolute atomic E-state index is 0.0343. The first-order valence-electron chi connectivity index (χ1n) is 15.2. The number of carbonyl (C=O) groups excluding carboxylic acids is 2. The molecule has 1 aromatic rings. The molecule has 2 atom stereocenters. The second-order valence-electron chi connectivity index (χ2n) is 14.4. The van der Waals surface area contributed by atoms with E-state index in [2.05, 4.69) is 39.5 Å². The van der Waals surface area contributed by atoms with Gasteiger partial charge in [-0.25, -0.2) is 13.6 Å². The minimum Gasteiger partial charge on any atom is -0.447 e. The number of amides is 2. The first kappa shape index (κ1) is 29.3. The maximum atomic E-state index is 15.0. The molecule has 3 saturated heterocycles. The molecular weight excluding hydrogens is 512 g/mol. The van der Waals surface area contributed by atoms with Crippen molar-refractivity contribution in [2.45, 2.75) is 96.6 Å². The highest BCUT2D eigenvalue weighted by atomic mass is 19.1. The van der Waals surface area contributed by atoms with Crippen molar-refractivity contribution >= 4 is 12.0 Å². The van der Waals surface area contributed by atoms with Crippen molar-refractivity contribution in [3.8, 4) is 0 Å². The van der Waals surface area contributed by atoms with Crippen molar-refractivity contribution in [2.75, 3.05) is 39.3 Å². The summed E-state index contributed by atoms with van der Waals surface area (Å²) >= 11 is 0. The van der Waals surface area contributed by atoms with Crippen LogP contribution in [-0.4, -0.2) is 77.1 Å². The second-order valence-corrected chi connectivity index (χ2v) is 14.4. The second kappa shape index (κ2) is 10.9. The molecule has 1 saturated carbocycles. The minimum atomic E-state index is -0.602. The number of carbonyl (C=O) groups is 2. The van der Waals surface area contributed by atoms with Crippen LogP contribution >= 0.6 is 0 Å². The van der Waals surface area contributed by atoms with Crippen molar-refractivity contribution in [3.05, 3.63) is 35.4 Å². The van der Waals surface area contributed by atoms with E-state index < -0.39 is 11.6 Å². The fourth-order valence-electron chi connectivity index (χ4n) is 7.77. The van der Waals surface area contributed by atoms with Crippen LogP contribution in [0.2, 0.25) is 0 Å². The van der Waals surface area contributed by atoms with Gasteiger partial charge in [0.15, 0.2) is 0 Å². The first-order valence-corrected chi connectivity index (χ1v) is 15.2. The number of likely N-dealkylation sites (tertiary alicyclic amines) is 2. The van der Waals surface area contributed by atoms with Crippen LogP contribution in [-0.2, 0) is 9.53 Å². The molecule has 1 unspecified atom stereocenters. The molecule has 0 aromatic heterocycles. The lowest BCUT2D eigenvalue weighted by Crippen LogP contribution is -2.55. The van der Waals surface area contributed by atoms with Gasteiger partial charge in [0.1, 0.15) is 18.2 Å². The summed E-state index contributed by atoms with van der Waals surface area (Å²) in [7, 11) is 0. The lowest BCUT2D eigenvalue weighted by Gasteiger charge is -2.51. The van der Waals surface area contributed by atoms with Gasteiger partial charge in [0.25, 0.3) is 0 Å². The molecule has 0 spiro atoms. The summed E-state index contributed by atoms with van der Waals surface area (Å²) in [6.45, 7) is 14.0. The Kier molecular flexibility index (Phi) is 7.97. The van der Waals surface area contributed by atoms with E-state index in [0.717, 1.165) is 18.9 Å². The summed E-state index contributed by atoms with van der Waals surface area (Å²) in [6.07, 6.45) is 7.54. The molecule has 8 heteroatoms. The van der Waals surface area contributed by atoms with Crippen molar-refractivity contribution in [2.24, 2.45) is 17.3 Å². The largest absolute Gasteiger partial charge is 0.447 e. The molecule has 0 N–H and O–H groups in total. The summed E-state index contributed by atoms with van der Waals surface area (Å²) in [4.78, 5) is 33.1. The third kappa shape index (κ3) is 5.62. The van der Waals surface area contributed by atoms with Crippen LogP contribution in [0.5, 0.6) is 0 Å². The average molecular weight is 560 g/mol. The van der Waals surface area contributed by atoms with Crippen LogP contribution < -0.4 is 0 Å². The van der Waals surface area contributed by atoms with Crippen LogP contribution in [0.3, 0.4) is 0 Å². The molecule has 6 nitrogen and oxygen atoms in total. The Hall–Kier alpha value is -2.22. The van der Waals surface area contributed by atoms with E-state index in [4.69, 9.17) is 4.74 Å².